The van der Waals surface area contributed by atoms with E-state index in [1.807, 2.05) is 18.2 Å². The molecule has 0 amide bonds. The lowest BCUT2D eigenvalue weighted by Crippen LogP contribution is -2.23. The third-order valence-corrected chi connectivity index (χ3v) is 6.65. The van der Waals surface area contributed by atoms with E-state index in [4.69, 9.17) is 20.6 Å². The summed E-state index contributed by atoms with van der Waals surface area (Å²) in [5.74, 6) is 0.126. The molecular weight excluding hydrogens is 400 g/mol. The molecule has 0 spiro atoms. The number of ether oxygens (including phenoxy) is 1. The van der Waals surface area contributed by atoms with Crippen LogP contribution in [0.15, 0.2) is 59.6 Å². The van der Waals surface area contributed by atoms with Crippen LogP contribution in [0.5, 0.6) is 0 Å². The fourth-order valence-corrected chi connectivity index (χ4v) is 4.87. The molecule has 0 bridgehead atoms. The van der Waals surface area contributed by atoms with E-state index in [1.54, 1.807) is 0 Å². The highest BCUT2D eigenvalue weighted by Crippen LogP contribution is 2.34. The second-order valence-corrected chi connectivity index (χ2v) is 8.89. The first-order valence-electron chi connectivity index (χ1n) is 11.6. The summed E-state index contributed by atoms with van der Waals surface area (Å²) in [6.45, 7) is 1.17. The molecule has 2 aromatic rings. The highest BCUT2D eigenvalue weighted by Gasteiger charge is 2.25. The van der Waals surface area contributed by atoms with Gasteiger partial charge in [-0.25, -0.2) is 4.79 Å². The van der Waals surface area contributed by atoms with Crippen molar-refractivity contribution in [3.63, 3.8) is 0 Å². The van der Waals surface area contributed by atoms with Crippen LogP contribution in [0.3, 0.4) is 0 Å². The zero-order chi connectivity index (χ0) is 22.3. The molecule has 1 saturated carbocycles. The molecule has 0 aromatic heterocycles. The zero-order valence-electron chi connectivity index (χ0n) is 18.5. The van der Waals surface area contributed by atoms with Crippen molar-refractivity contribution in [3.05, 3.63) is 71.3 Å². The molecule has 4 rings (SSSR count). The Hall–Kier alpha value is -2.92. The summed E-state index contributed by atoms with van der Waals surface area (Å²) >= 11 is 0. The van der Waals surface area contributed by atoms with Gasteiger partial charge < -0.3 is 15.6 Å². The third-order valence-electron chi connectivity index (χ3n) is 6.65. The Morgan fingerprint density at radius 1 is 0.969 bits per heavy atom. The Morgan fingerprint density at radius 3 is 2.41 bits per heavy atom. The van der Waals surface area contributed by atoms with Crippen LogP contribution < -0.4 is 5.73 Å². The van der Waals surface area contributed by atoms with Crippen molar-refractivity contribution in [2.75, 3.05) is 19.8 Å². The quantitative estimate of drug-likeness (QED) is 0.658. The fourth-order valence-electron chi connectivity index (χ4n) is 4.87. The number of allylic oxidation sites excluding steroid dienone is 1. The summed E-state index contributed by atoms with van der Waals surface area (Å²) < 4.78 is 5.29. The van der Waals surface area contributed by atoms with Gasteiger partial charge >= 0.3 is 5.97 Å². The van der Waals surface area contributed by atoms with E-state index in [2.05, 4.69) is 36.4 Å². The van der Waals surface area contributed by atoms with Crippen LogP contribution in [0.1, 0.15) is 48.8 Å². The number of fused-ring (bicyclic) bond motifs is 1. The Morgan fingerprint density at radius 2 is 1.66 bits per heavy atom. The number of hydrogen-bond donors (Lipinski definition) is 2. The van der Waals surface area contributed by atoms with E-state index >= 15 is 0 Å². The van der Waals surface area contributed by atoms with Crippen molar-refractivity contribution in [1.82, 2.24) is 0 Å². The maximum absolute atomic E-state index is 10.6. The number of aliphatic carboxylic acids is 1. The second kappa shape index (κ2) is 10.6. The van der Waals surface area contributed by atoms with E-state index in [0.717, 1.165) is 67.6 Å². The monoisotopic (exact) mass is 432 g/mol. The van der Waals surface area contributed by atoms with Gasteiger partial charge in [0.2, 0.25) is 0 Å². The number of carboxylic acids is 1. The van der Waals surface area contributed by atoms with Gasteiger partial charge in [-0.1, -0.05) is 54.6 Å². The minimum atomic E-state index is -0.901. The van der Waals surface area contributed by atoms with Gasteiger partial charge in [-0.2, -0.15) is 0 Å². The van der Waals surface area contributed by atoms with Crippen LogP contribution in [-0.2, 0) is 16.0 Å². The molecule has 1 fully saturated rings. The lowest BCUT2D eigenvalue weighted by Gasteiger charge is -2.28. The molecule has 5 nitrogen and oxygen atoms in total. The molecule has 3 N–H and O–H groups in total. The molecule has 0 atom stereocenters. The smallest absolute Gasteiger partial charge is 0.329 e. The number of nitrogens with zero attached hydrogens (tertiary/aromatic N) is 1. The van der Waals surface area contributed by atoms with E-state index in [-0.39, 0.29) is 6.61 Å². The third kappa shape index (κ3) is 5.46. The minimum Gasteiger partial charge on any atom is -0.480 e. The molecule has 2 aliphatic rings. The predicted molar refractivity (Wildman–Crippen MR) is 128 cm³/mol. The zero-order valence-corrected chi connectivity index (χ0v) is 18.5. The van der Waals surface area contributed by atoms with Crippen molar-refractivity contribution in [2.24, 2.45) is 22.6 Å². The Bertz CT molecular complexity index is 989. The fraction of sp³-hybridized carbons (Fsp3) is 0.407. The normalized spacial score (nSPS) is 23.6. The summed E-state index contributed by atoms with van der Waals surface area (Å²) in [6.07, 6.45) is 6.29. The van der Waals surface area contributed by atoms with Crippen LogP contribution in [0, 0.1) is 11.8 Å². The first-order chi connectivity index (χ1) is 15.6. The number of carboxylic acid groups (broad SMARTS) is 1. The minimum absolute atomic E-state index is 0.201. The standard InChI is InChI=1S/C27H32N2O3/c28-27(22-7-2-1-3-8-22)26-23-9-5-4-6-21(23)14-15-24(26)29-16-19-10-12-20(13-11-19)17-32-18-25(30)31/h1-9,19-20H,10-18,28H2,(H,30,31). The maximum atomic E-state index is 10.6. The van der Waals surface area contributed by atoms with Crippen molar-refractivity contribution in [1.29, 1.82) is 0 Å². The Balaban J connectivity index is 1.47. The van der Waals surface area contributed by atoms with Gasteiger partial charge in [-0.05, 0) is 67.1 Å². The number of rotatable bonds is 7. The number of aryl methyl sites for hydroxylation is 1. The average molecular weight is 433 g/mol. The van der Waals surface area contributed by atoms with Crippen molar-refractivity contribution >= 4 is 23.0 Å². The molecule has 0 unspecified atom stereocenters. The van der Waals surface area contributed by atoms with Crippen LogP contribution in [-0.4, -0.2) is 36.5 Å². The second-order valence-electron chi connectivity index (χ2n) is 8.89. The largest absolute Gasteiger partial charge is 0.480 e. The lowest BCUT2D eigenvalue weighted by atomic mass is 9.81. The predicted octanol–water partition coefficient (Wildman–Crippen LogP) is 4.81. The number of aliphatic imine (C=N–C) groups is 1. The number of benzene rings is 2. The summed E-state index contributed by atoms with van der Waals surface area (Å²) in [6, 6.07) is 18.7. The summed E-state index contributed by atoms with van der Waals surface area (Å²) in [5.41, 5.74) is 13.3. The summed E-state index contributed by atoms with van der Waals surface area (Å²) in [7, 11) is 0. The van der Waals surface area contributed by atoms with E-state index in [0.29, 0.717) is 18.4 Å². The Labute approximate surface area is 190 Å². The number of nitrogens with two attached hydrogens (primary N) is 1. The van der Waals surface area contributed by atoms with Gasteiger partial charge in [-0.3, -0.25) is 4.99 Å². The summed E-state index contributed by atoms with van der Waals surface area (Å²) in [4.78, 5) is 15.7. The van der Waals surface area contributed by atoms with Crippen LogP contribution >= 0.6 is 0 Å². The highest BCUT2D eigenvalue weighted by molar-refractivity contribution is 6.31. The lowest BCUT2D eigenvalue weighted by molar-refractivity contribution is -0.142. The Kier molecular flexibility index (Phi) is 7.38. The average Bonchev–Trinajstić information content (AvgIpc) is 2.83. The van der Waals surface area contributed by atoms with Crippen molar-refractivity contribution in [2.45, 2.75) is 38.5 Å². The molecule has 0 saturated heterocycles. The van der Waals surface area contributed by atoms with Crippen LogP contribution in [0.4, 0.5) is 0 Å². The first-order valence-corrected chi connectivity index (χ1v) is 11.6. The van der Waals surface area contributed by atoms with E-state index in [1.165, 1.54) is 11.1 Å². The maximum Gasteiger partial charge on any atom is 0.329 e. The molecular formula is C27H32N2O3. The molecule has 2 aromatic carbocycles. The van der Waals surface area contributed by atoms with Gasteiger partial charge in [-0.15, -0.1) is 0 Å². The molecule has 2 aliphatic carbocycles. The topological polar surface area (TPSA) is 84.9 Å². The molecule has 32 heavy (non-hydrogen) atoms. The van der Waals surface area contributed by atoms with Crippen molar-refractivity contribution < 1.29 is 14.6 Å². The van der Waals surface area contributed by atoms with E-state index in [9.17, 15) is 4.79 Å². The molecule has 168 valence electrons. The molecule has 0 heterocycles. The highest BCUT2D eigenvalue weighted by atomic mass is 16.5. The number of hydrogen-bond acceptors (Lipinski definition) is 4. The first kappa shape index (κ1) is 22.3. The van der Waals surface area contributed by atoms with Gasteiger partial charge in [0.05, 0.1) is 6.61 Å². The molecule has 0 aliphatic heterocycles. The van der Waals surface area contributed by atoms with Gasteiger partial charge in [0.15, 0.2) is 0 Å². The molecule has 0 radical (unpaired) electrons. The van der Waals surface area contributed by atoms with Gasteiger partial charge in [0.25, 0.3) is 0 Å². The SMILES string of the molecule is NC(=C1C(=NCC2CCC(COCC(=O)O)CC2)CCc2ccccc21)c1ccccc1. The summed E-state index contributed by atoms with van der Waals surface area (Å²) in [5, 5.41) is 8.72. The van der Waals surface area contributed by atoms with Gasteiger partial charge in [0, 0.05) is 23.5 Å². The van der Waals surface area contributed by atoms with Crippen LogP contribution in [0.2, 0.25) is 0 Å². The van der Waals surface area contributed by atoms with Crippen LogP contribution in [0.25, 0.3) is 11.3 Å². The molecule has 5 heteroatoms. The number of carbonyl (C=O) groups is 1. The van der Waals surface area contributed by atoms with E-state index < -0.39 is 5.97 Å². The van der Waals surface area contributed by atoms with Gasteiger partial charge in [0.1, 0.15) is 6.61 Å². The van der Waals surface area contributed by atoms with Crippen molar-refractivity contribution in [3.8, 4) is 0 Å².